The minimum Gasteiger partial charge on any atom is -0.313 e. The summed E-state index contributed by atoms with van der Waals surface area (Å²) in [5.74, 6) is -0.174. The molecule has 0 spiro atoms. The molecular weight excluding hydrogens is 249 g/mol. The highest BCUT2D eigenvalue weighted by atomic mass is 19.1. The van der Waals surface area contributed by atoms with Crippen molar-refractivity contribution in [3.05, 3.63) is 70.0 Å². The molecule has 0 aliphatic heterocycles. The first-order valence-corrected chi connectivity index (χ1v) is 7.00. The topological polar surface area (TPSA) is 12.0 Å². The molecular formula is C18H22FN. The van der Waals surface area contributed by atoms with Crippen molar-refractivity contribution in [2.75, 3.05) is 7.05 Å². The third kappa shape index (κ3) is 3.26. The van der Waals surface area contributed by atoms with Crippen molar-refractivity contribution >= 4 is 0 Å². The quantitative estimate of drug-likeness (QED) is 0.876. The molecule has 0 fully saturated rings. The number of rotatable bonds is 4. The van der Waals surface area contributed by atoms with E-state index in [2.05, 4.69) is 37.4 Å². The number of benzene rings is 2. The van der Waals surface area contributed by atoms with Crippen molar-refractivity contribution in [3.63, 3.8) is 0 Å². The van der Waals surface area contributed by atoms with Gasteiger partial charge < -0.3 is 5.32 Å². The second kappa shape index (κ2) is 6.19. The van der Waals surface area contributed by atoms with Crippen LogP contribution in [0.2, 0.25) is 0 Å². The molecule has 0 saturated carbocycles. The van der Waals surface area contributed by atoms with Crippen molar-refractivity contribution in [2.24, 2.45) is 0 Å². The van der Waals surface area contributed by atoms with Gasteiger partial charge in [-0.05, 0) is 68.6 Å². The molecule has 0 heterocycles. The zero-order valence-electron chi connectivity index (χ0n) is 12.6. The molecule has 0 saturated heterocycles. The molecule has 2 aromatic rings. The van der Waals surface area contributed by atoms with E-state index in [9.17, 15) is 4.39 Å². The van der Waals surface area contributed by atoms with E-state index in [0.29, 0.717) is 0 Å². The van der Waals surface area contributed by atoms with Gasteiger partial charge in [0.25, 0.3) is 0 Å². The van der Waals surface area contributed by atoms with E-state index >= 15 is 0 Å². The van der Waals surface area contributed by atoms with Crippen LogP contribution < -0.4 is 5.32 Å². The van der Waals surface area contributed by atoms with Gasteiger partial charge in [0.15, 0.2) is 0 Å². The third-order valence-corrected chi connectivity index (χ3v) is 3.89. The van der Waals surface area contributed by atoms with Gasteiger partial charge in [-0.1, -0.05) is 29.8 Å². The fraction of sp³-hybridized carbons (Fsp3) is 0.333. The Balaban J connectivity index is 2.33. The Labute approximate surface area is 120 Å². The molecule has 2 heteroatoms. The fourth-order valence-electron chi connectivity index (χ4n) is 2.59. The molecule has 1 nitrogen and oxygen atoms in total. The van der Waals surface area contributed by atoms with Crippen LogP contribution in [0.25, 0.3) is 0 Å². The maximum atomic E-state index is 13.5. The third-order valence-electron chi connectivity index (χ3n) is 3.89. The number of hydrogen-bond donors (Lipinski definition) is 1. The van der Waals surface area contributed by atoms with Gasteiger partial charge in [0, 0.05) is 6.04 Å². The van der Waals surface area contributed by atoms with Gasteiger partial charge in [0.1, 0.15) is 5.82 Å². The van der Waals surface area contributed by atoms with Crippen LogP contribution in [0.5, 0.6) is 0 Å². The molecule has 106 valence electrons. The van der Waals surface area contributed by atoms with Crippen LogP contribution in [-0.4, -0.2) is 7.05 Å². The van der Waals surface area contributed by atoms with Crippen molar-refractivity contribution in [1.29, 1.82) is 0 Å². The Morgan fingerprint density at radius 2 is 1.70 bits per heavy atom. The smallest absolute Gasteiger partial charge is 0.123 e. The van der Waals surface area contributed by atoms with Crippen LogP contribution >= 0.6 is 0 Å². The molecule has 0 bridgehead atoms. The van der Waals surface area contributed by atoms with E-state index in [1.54, 1.807) is 6.07 Å². The summed E-state index contributed by atoms with van der Waals surface area (Å²) >= 11 is 0. The van der Waals surface area contributed by atoms with Crippen LogP contribution in [0, 0.1) is 26.6 Å². The second-order valence-corrected chi connectivity index (χ2v) is 5.48. The summed E-state index contributed by atoms with van der Waals surface area (Å²) in [5.41, 5.74) is 6.01. The Bertz CT molecular complexity index is 604. The number of hydrogen-bond acceptors (Lipinski definition) is 1. The van der Waals surface area contributed by atoms with Crippen LogP contribution in [-0.2, 0) is 6.42 Å². The van der Waals surface area contributed by atoms with Crippen molar-refractivity contribution in [3.8, 4) is 0 Å². The zero-order chi connectivity index (χ0) is 14.7. The van der Waals surface area contributed by atoms with Gasteiger partial charge in [-0.25, -0.2) is 4.39 Å². The molecule has 1 unspecified atom stereocenters. The largest absolute Gasteiger partial charge is 0.313 e. The summed E-state index contributed by atoms with van der Waals surface area (Å²) < 4.78 is 13.5. The van der Waals surface area contributed by atoms with Crippen LogP contribution in [0.1, 0.15) is 33.9 Å². The minimum absolute atomic E-state index is 0.131. The predicted octanol–water partition coefficient (Wildman–Crippen LogP) is 4.25. The monoisotopic (exact) mass is 271 g/mol. The number of aryl methyl sites for hydroxylation is 3. The molecule has 2 aromatic carbocycles. The highest BCUT2D eigenvalue weighted by molar-refractivity contribution is 5.35. The number of likely N-dealkylation sites (N-methyl/N-ethyl adjacent to an activating group) is 1. The molecule has 0 aromatic heterocycles. The van der Waals surface area contributed by atoms with Gasteiger partial charge in [0.05, 0.1) is 0 Å². The average Bonchev–Trinajstić information content (AvgIpc) is 2.42. The predicted molar refractivity (Wildman–Crippen MR) is 82.6 cm³/mol. The summed E-state index contributed by atoms with van der Waals surface area (Å²) in [7, 11) is 1.93. The standard InChI is InChI=1S/C18H22FN/c1-12-5-6-13(2)15(9-12)10-18(20-4)17-11-16(19)8-7-14(17)3/h5-9,11,18,20H,10H2,1-4H3. The lowest BCUT2D eigenvalue weighted by Crippen LogP contribution is -2.20. The SMILES string of the molecule is CNC(Cc1cc(C)ccc1C)c1cc(F)ccc1C. The molecule has 20 heavy (non-hydrogen) atoms. The van der Waals surface area contributed by atoms with Crippen LogP contribution in [0.4, 0.5) is 4.39 Å². The van der Waals surface area contributed by atoms with Gasteiger partial charge >= 0.3 is 0 Å². The Morgan fingerprint density at radius 1 is 1.00 bits per heavy atom. The van der Waals surface area contributed by atoms with Gasteiger partial charge in [0.2, 0.25) is 0 Å². The van der Waals surface area contributed by atoms with E-state index in [1.807, 2.05) is 20.0 Å². The molecule has 1 atom stereocenters. The van der Waals surface area contributed by atoms with E-state index in [0.717, 1.165) is 17.5 Å². The molecule has 0 amide bonds. The summed E-state index contributed by atoms with van der Waals surface area (Å²) in [6.07, 6.45) is 0.869. The summed E-state index contributed by atoms with van der Waals surface area (Å²) in [5, 5.41) is 3.31. The highest BCUT2D eigenvalue weighted by Crippen LogP contribution is 2.24. The van der Waals surface area contributed by atoms with Gasteiger partial charge in [-0.2, -0.15) is 0 Å². The summed E-state index contributed by atoms with van der Waals surface area (Å²) in [6, 6.07) is 11.6. The van der Waals surface area contributed by atoms with Crippen molar-refractivity contribution in [2.45, 2.75) is 33.2 Å². The molecule has 2 rings (SSSR count). The Kier molecular flexibility index (Phi) is 4.56. The molecule has 0 aliphatic carbocycles. The Morgan fingerprint density at radius 3 is 2.40 bits per heavy atom. The van der Waals surface area contributed by atoms with E-state index in [4.69, 9.17) is 0 Å². The van der Waals surface area contributed by atoms with E-state index in [-0.39, 0.29) is 11.9 Å². The first-order valence-electron chi connectivity index (χ1n) is 7.00. The lowest BCUT2D eigenvalue weighted by atomic mass is 9.92. The van der Waals surface area contributed by atoms with Crippen LogP contribution in [0.3, 0.4) is 0 Å². The van der Waals surface area contributed by atoms with E-state index in [1.165, 1.54) is 22.8 Å². The molecule has 0 radical (unpaired) electrons. The van der Waals surface area contributed by atoms with E-state index < -0.39 is 0 Å². The van der Waals surface area contributed by atoms with Crippen LogP contribution in [0.15, 0.2) is 36.4 Å². The lowest BCUT2D eigenvalue weighted by molar-refractivity contribution is 0.573. The van der Waals surface area contributed by atoms with Crippen molar-refractivity contribution in [1.82, 2.24) is 5.32 Å². The molecule has 0 aliphatic rings. The Hall–Kier alpha value is -1.67. The lowest BCUT2D eigenvalue weighted by Gasteiger charge is -2.20. The second-order valence-electron chi connectivity index (χ2n) is 5.48. The number of nitrogens with one attached hydrogen (secondary N) is 1. The highest BCUT2D eigenvalue weighted by Gasteiger charge is 2.14. The van der Waals surface area contributed by atoms with Crippen molar-refractivity contribution < 1.29 is 4.39 Å². The first-order chi connectivity index (χ1) is 9.51. The number of halogens is 1. The average molecular weight is 271 g/mol. The summed E-state index contributed by atoms with van der Waals surface area (Å²) in [4.78, 5) is 0. The first kappa shape index (κ1) is 14.7. The maximum Gasteiger partial charge on any atom is 0.123 e. The normalized spacial score (nSPS) is 12.4. The fourth-order valence-corrected chi connectivity index (χ4v) is 2.59. The van der Waals surface area contributed by atoms with Gasteiger partial charge in [-0.3, -0.25) is 0 Å². The summed E-state index contributed by atoms with van der Waals surface area (Å²) in [6.45, 7) is 6.26. The maximum absolute atomic E-state index is 13.5. The van der Waals surface area contributed by atoms with Gasteiger partial charge in [-0.15, -0.1) is 0 Å². The zero-order valence-corrected chi connectivity index (χ0v) is 12.6. The minimum atomic E-state index is -0.174. The molecule has 1 N–H and O–H groups in total.